The second kappa shape index (κ2) is 7.99. The fraction of sp³-hybridized carbons (Fsp3) is 0.227. The summed E-state index contributed by atoms with van der Waals surface area (Å²) in [4.78, 5) is 28.3. The zero-order valence-electron chi connectivity index (χ0n) is 15.6. The van der Waals surface area contributed by atoms with E-state index in [0.29, 0.717) is 29.9 Å². The quantitative estimate of drug-likeness (QED) is 0.793. The molecule has 0 unspecified atom stereocenters. The maximum atomic E-state index is 12.3. The molecule has 1 heterocycles. The molecular formula is C22H23N3O2. The minimum atomic E-state index is -0.105. The predicted octanol–water partition coefficient (Wildman–Crippen LogP) is 3.86. The van der Waals surface area contributed by atoms with Gasteiger partial charge in [0.05, 0.1) is 5.69 Å². The molecular weight excluding hydrogens is 338 g/mol. The molecule has 0 saturated heterocycles. The van der Waals surface area contributed by atoms with Gasteiger partial charge in [-0.2, -0.15) is 0 Å². The molecule has 0 radical (unpaired) electrons. The van der Waals surface area contributed by atoms with E-state index in [2.05, 4.69) is 10.3 Å². The van der Waals surface area contributed by atoms with Crippen LogP contribution in [0.3, 0.4) is 0 Å². The zero-order valence-corrected chi connectivity index (χ0v) is 15.6. The van der Waals surface area contributed by atoms with Crippen molar-refractivity contribution in [2.24, 2.45) is 10.7 Å². The molecule has 0 atom stereocenters. The summed E-state index contributed by atoms with van der Waals surface area (Å²) in [7, 11) is 0. The van der Waals surface area contributed by atoms with Gasteiger partial charge in [-0.1, -0.05) is 43.3 Å². The summed E-state index contributed by atoms with van der Waals surface area (Å²) >= 11 is 0. The number of rotatable bonds is 5. The molecule has 5 heteroatoms. The van der Waals surface area contributed by atoms with Crippen LogP contribution in [0, 0.1) is 0 Å². The number of amidine groups is 1. The molecule has 0 aromatic heterocycles. The van der Waals surface area contributed by atoms with Crippen molar-refractivity contribution in [2.45, 2.75) is 26.7 Å². The van der Waals surface area contributed by atoms with Crippen LogP contribution in [-0.4, -0.2) is 24.1 Å². The van der Waals surface area contributed by atoms with E-state index in [0.717, 1.165) is 28.8 Å². The van der Waals surface area contributed by atoms with Crippen LogP contribution in [0.4, 0.5) is 5.69 Å². The van der Waals surface area contributed by atoms with Crippen molar-refractivity contribution in [2.75, 3.05) is 6.54 Å². The molecule has 138 valence electrons. The lowest BCUT2D eigenvalue weighted by Gasteiger charge is -2.07. The second-order valence-corrected chi connectivity index (χ2v) is 6.61. The van der Waals surface area contributed by atoms with E-state index in [1.54, 1.807) is 6.92 Å². The average Bonchev–Trinajstić information content (AvgIpc) is 2.83. The third kappa shape index (κ3) is 4.31. The van der Waals surface area contributed by atoms with E-state index in [-0.39, 0.29) is 11.7 Å². The molecule has 0 fully saturated rings. The van der Waals surface area contributed by atoms with Crippen molar-refractivity contribution in [3.05, 3.63) is 59.2 Å². The molecule has 3 rings (SSSR count). The Kier molecular flexibility index (Phi) is 5.50. The number of benzene rings is 2. The van der Waals surface area contributed by atoms with Crippen molar-refractivity contribution < 1.29 is 9.59 Å². The van der Waals surface area contributed by atoms with Crippen LogP contribution in [0.25, 0.3) is 17.2 Å². The standard InChI is InChI=1S/C22H23N3O2/c1-3-10-24-22(27)19-11-18-9-8-17(12-20(18)25-21(23)13-19)16-6-4-15(5-7-16)14(2)26/h4-9,11-12H,3,10,13H2,1-2H3,(H2,23,25)(H,24,27). The van der Waals surface area contributed by atoms with E-state index in [1.807, 2.05) is 55.5 Å². The molecule has 0 saturated carbocycles. The van der Waals surface area contributed by atoms with E-state index in [1.165, 1.54) is 0 Å². The average molecular weight is 361 g/mol. The minimum absolute atomic E-state index is 0.0415. The third-order valence-corrected chi connectivity index (χ3v) is 4.45. The van der Waals surface area contributed by atoms with Crippen LogP contribution in [0.2, 0.25) is 0 Å². The Balaban J connectivity index is 1.94. The van der Waals surface area contributed by atoms with Crippen molar-refractivity contribution in [3.63, 3.8) is 0 Å². The number of ketones is 1. The second-order valence-electron chi connectivity index (χ2n) is 6.61. The van der Waals surface area contributed by atoms with Crippen LogP contribution in [0.15, 0.2) is 53.0 Å². The molecule has 2 aromatic rings. The number of fused-ring (bicyclic) bond motifs is 1. The van der Waals surface area contributed by atoms with Gasteiger partial charge in [0.25, 0.3) is 0 Å². The Hall–Kier alpha value is -3.21. The summed E-state index contributed by atoms with van der Waals surface area (Å²) in [5.74, 6) is 0.349. The van der Waals surface area contributed by atoms with Crippen molar-refractivity contribution in [1.82, 2.24) is 5.32 Å². The normalized spacial score (nSPS) is 13.1. The Morgan fingerprint density at radius 1 is 1.11 bits per heavy atom. The lowest BCUT2D eigenvalue weighted by atomic mass is 9.99. The maximum absolute atomic E-state index is 12.3. The number of hydrogen-bond donors (Lipinski definition) is 2. The topological polar surface area (TPSA) is 84.5 Å². The highest BCUT2D eigenvalue weighted by Crippen LogP contribution is 2.31. The summed E-state index contributed by atoms with van der Waals surface area (Å²) in [6, 6.07) is 13.3. The molecule has 0 bridgehead atoms. The summed E-state index contributed by atoms with van der Waals surface area (Å²) in [5.41, 5.74) is 10.9. The Morgan fingerprint density at radius 3 is 2.48 bits per heavy atom. The van der Waals surface area contributed by atoms with Gasteiger partial charge in [-0.3, -0.25) is 9.59 Å². The number of nitrogens with one attached hydrogen (secondary N) is 1. The smallest absolute Gasteiger partial charge is 0.247 e. The first-order valence-corrected chi connectivity index (χ1v) is 9.05. The molecule has 1 amide bonds. The van der Waals surface area contributed by atoms with Gasteiger partial charge in [-0.05, 0) is 36.6 Å². The molecule has 0 aliphatic carbocycles. The molecule has 27 heavy (non-hydrogen) atoms. The number of amides is 1. The number of nitrogens with two attached hydrogens (primary N) is 1. The highest BCUT2D eigenvalue weighted by atomic mass is 16.1. The number of Topliss-reactive ketones (excluding diaryl/α,β-unsaturated/α-hetero) is 1. The number of hydrogen-bond acceptors (Lipinski definition) is 4. The number of carbonyl (C=O) groups is 2. The summed E-state index contributed by atoms with van der Waals surface area (Å²) in [5, 5.41) is 2.89. The van der Waals surface area contributed by atoms with Crippen molar-refractivity contribution in [1.29, 1.82) is 0 Å². The zero-order chi connectivity index (χ0) is 19.4. The first-order valence-electron chi connectivity index (χ1n) is 9.05. The van der Waals surface area contributed by atoms with Crippen molar-refractivity contribution >= 4 is 29.3 Å². The fourth-order valence-electron chi connectivity index (χ4n) is 2.97. The van der Waals surface area contributed by atoms with E-state index in [4.69, 9.17) is 5.73 Å². The fourth-order valence-corrected chi connectivity index (χ4v) is 2.97. The van der Waals surface area contributed by atoms with Gasteiger partial charge in [0.1, 0.15) is 5.84 Å². The van der Waals surface area contributed by atoms with Gasteiger partial charge in [0, 0.05) is 29.7 Å². The largest absolute Gasteiger partial charge is 0.387 e. The SMILES string of the molecule is CCCNC(=O)C1=Cc2ccc(-c3ccc(C(C)=O)cc3)cc2N=C(N)C1. The Bertz CT molecular complexity index is 941. The molecule has 5 nitrogen and oxygen atoms in total. The van der Waals surface area contributed by atoms with Crippen LogP contribution in [-0.2, 0) is 4.79 Å². The number of carbonyl (C=O) groups excluding carboxylic acids is 2. The van der Waals surface area contributed by atoms with Gasteiger partial charge in [0.2, 0.25) is 5.91 Å². The lowest BCUT2D eigenvalue weighted by Crippen LogP contribution is -2.27. The Labute approximate surface area is 159 Å². The van der Waals surface area contributed by atoms with Crippen LogP contribution < -0.4 is 11.1 Å². The molecule has 2 aromatic carbocycles. The van der Waals surface area contributed by atoms with E-state index >= 15 is 0 Å². The van der Waals surface area contributed by atoms with Crippen LogP contribution in [0.1, 0.15) is 42.6 Å². The van der Waals surface area contributed by atoms with Gasteiger partial charge >= 0.3 is 0 Å². The molecule has 1 aliphatic heterocycles. The highest BCUT2D eigenvalue weighted by Gasteiger charge is 2.16. The Morgan fingerprint density at radius 2 is 1.81 bits per heavy atom. The van der Waals surface area contributed by atoms with E-state index < -0.39 is 0 Å². The van der Waals surface area contributed by atoms with Gasteiger partial charge < -0.3 is 11.1 Å². The first kappa shape index (κ1) is 18.6. The minimum Gasteiger partial charge on any atom is -0.387 e. The van der Waals surface area contributed by atoms with Gasteiger partial charge in [-0.15, -0.1) is 0 Å². The maximum Gasteiger partial charge on any atom is 0.247 e. The number of aliphatic imine (C=N–C) groups is 1. The monoisotopic (exact) mass is 361 g/mol. The van der Waals surface area contributed by atoms with Gasteiger partial charge in [0.15, 0.2) is 5.78 Å². The lowest BCUT2D eigenvalue weighted by molar-refractivity contribution is -0.117. The molecule has 0 spiro atoms. The summed E-state index contributed by atoms with van der Waals surface area (Å²) in [6.07, 6.45) is 3.06. The molecule has 3 N–H and O–H groups in total. The summed E-state index contributed by atoms with van der Waals surface area (Å²) in [6.45, 7) is 4.20. The molecule has 1 aliphatic rings. The number of nitrogens with zero attached hydrogens (tertiary/aromatic N) is 1. The summed E-state index contributed by atoms with van der Waals surface area (Å²) < 4.78 is 0. The van der Waals surface area contributed by atoms with E-state index in [9.17, 15) is 9.59 Å². The predicted molar refractivity (Wildman–Crippen MR) is 109 cm³/mol. The van der Waals surface area contributed by atoms with Crippen molar-refractivity contribution in [3.8, 4) is 11.1 Å². The first-order chi connectivity index (χ1) is 13.0. The van der Waals surface area contributed by atoms with Crippen LogP contribution >= 0.6 is 0 Å². The third-order valence-electron chi connectivity index (χ3n) is 4.45. The van der Waals surface area contributed by atoms with Crippen LogP contribution in [0.5, 0.6) is 0 Å². The van der Waals surface area contributed by atoms with Gasteiger partial charge in [-0.25, -0.2) is 4.99 Å². The highest BCUT2D eigenvalue weighted by molar-refractivity contribution is 6.05.